The van der Waals surface area contributed by atoms with Gasteiger partial charge in [-0.1, -0.05) is 39.0 Å². The number of halogens is 1. The third-order valence-electron chi connectivity index (χ3n) is 2.70. The predicted octanol–water partition coefficient (Wildman–Crippen LogP) is 3.04. The van der Waals surface area contributed by atoms with Gasteiger partial charge < -0.3 is 0 Å². The topological polar surface area (TPSA) is 20.3 Å². The smallest absolute Gasteiger partial charge is 0.159 e. The van der Waals surface area contributed by atoms with Gasteiger partial charge in [0.15, 0.2) is 5.78 Å². The maximum absolute atomic E-state index is 13.8. The van der Waals surface area contributed by atoms with Crippen molar-refractivity contribution in [1.82, 2.24) is 4.90 Å². The van der Waals surface area contributed by atoms with Crippen molar-refractivity contribution in [3.05, 3.63) is 35.6 Å². The molecule has 0 saturated carbocycles. The maximum atomic E-state index is 13.8. The summed E-state index contributed by atoms with van der Waals surface area (Å²) in [6.07, 6.45) is 0. The van der Waals surface area contributed by atoms with Crippen molar-refractivity contribution in [2.75, 3.05) is 14.1 Å². The first-order chi connectivity index (χ1) is 7.75. The molecular formula is C14H20FNO. The van der Waals surface area contributed by atoms with Crippen molar-refractivity contribution in [1.29, 1.82) is 0 Å². The van der Waals surface area contributed by atoms with E-state index in [2.05, 4.69) is 0 Å². The Morgan fingerprint density at radius 2 is 1.76 bits per heavy atom. The second kappa shape index (κ2) is 4.96. The quantitative estimate of drug-likeness (QED) is 0.805. The molecule has 0 fully saturated rings. The summed E-state index contributed by atoms with van der Waals surface area (Å²) in [5, 5.41) is 0. The molecule has 1 aromatic carbocycles. The van der Waals surface area contributed by atoms with Gasteiger partial charge >= 0.3 is 0 Å². The maximum Gasteiger partial charge on any atom is 0.159 e. The Morgan fingerprint density at radius 1 is 1.24 bits per heavy atom. The second-order valence-corrected chi connectivity index (χ2v) is 5.50. The minimum absolute atomic E-state index is 0.0209. The van der Waals surface area contributed by atoms with E-state index in [9.17, 15) is 9.18 Å². The highest BCUT2D eigenvalue weighted by Gasteiger charge is 2.33. The molecule has 17 heavy (non-hydrogen) atoms. The monoisotopic (exact) mass is 237 g/mol. The zero-order valence-electron chi connectivity index (χ0n) is 11.1. The number of hydrogen-bond donors (Lipinski definition) is 0. The van der Waals surface area contributed by atoms with Gasteiger partial charge in [-0.15, -0.1) is 0 Å². The van der Waals surface area contributed by atoms with E-state index < -0.39 is 11.5 Å². The Labute approximate surface area is 102 Å². The van der Waals surface area contributed by atoms with Gasteiger partial charge in [-0.3, -0.25) is 9.69 Å². The third-order valence-corrected chi connectivity index (χ3v) is 2.70. The molecule has 0 aromatic heterocycles. The van der Waals surface area contributed by atoms with E-state index in [1.54, 1.807) is 37.2 Å². The van der Waals surface area contributed by atoms with Crippen LogP contribution in [0.4, 0.5) is 4.39 Å². The first kappa shape index (κ1) is 13.8. The normalized spacial score (nSPS) is 13.8. The highest BCUT2D eigenvalue weighted by Crippen LogP contribution is 2.30. The number of Topliss-reactive ketones (excluding diaryl/α,β-unsaturated/α-hetero) is 1. The first-order valence-electron chi connectivity index (χ1n) is 5.70. The van der Waals surface area contributed by atoms with Gasteiger partial charge in [-0.25, -0.2) is 4.39 Å². The SMILES string of the molecule is CN(C)[C@@H](C(=O)C(C)(C)C)c1ccccc1F. The van der Waals surface area contributed by atoms with E-state index in [0.29, 0.717) is 5.56 Å². The number of carbonyl (C=O) groups excluding carboxylic acids is 1. The zero-order valence-corrected chi connectivity index (χ0v) is 11.1. The Kier molecular flexibility index (Phi) is 4.04. The van der Waals surface area contributed by atoms with Crippen LogP contribution in [0.5, 0.6) is 0 Å². The van der Waals surface area contributed by atoms with Crippen LogP contribution in [0.2, 0.25) is 0 Å². The lowest BCUT2D eigenvalue weighted by atomic mass is 9.83. The molecule has 1 aromatic rings. The van der Waals surface area contributed by atoms with Crippen molar-refractivity contribution in [2.24, 2.45) is 5.41 Å². The van der Waals surface area contributed by atoms with Gasteiger partial charge in [-0.05, 0) is 20.2 Å². The molecule has 3 heteroatoms. The van der Waals surface area contributed by atoms with Crippen molar-refractivity contribution in [2.45, 2.75) is 26.8 Å². The van der Waals surface area contributed by atoms with E-state index in [1.807, 2.05) is 20.8 Å². The van der Waals surface area contributed by atoms with Crippen LogP contribution < -0.4 is 0 Å². The summed E-state index contributed by atoms with van der Waals surface area (Å²) in [5.41, 5.74) is -0.0468. The number of rotatable bonds is 3. The summed E-state index contributed by atoms with van der Waals surface area (Å²) >= 11 is 0. The van der Waals surface area contributed by atoms with Crippen LogP contribution in [0.25, 0.3) is 0 Å². The molecule has 0 aliphatic carbocycles. The Bertz CT molecular complexity index is 407. The Balaban J connectivity index is 3.20. The Hall–Kier alpha value is -1.22. The molecular weight excluding hydrogens is 217 g/mol. The minimum Gasteiger partial charge on any atom is -0.297 e. The summed E-state index contributed by atoms with van der Waals surface area (Å²) in [6, 6.07) is 5.92. The fourth-order valence-corrected chi connectivity index (χ4v) is 1.76. The van der Waals surface area contributed by atoms with Crippen molar-refractivity contribution in [3.63, 3.8) is 0 Å². The van der Waals surface area contributed by atoms with Crippen LogP contribution in [0.3, 0.4) is 0 Å². The highest BCUT2D eigenvalue weighted by atomic mass is 19.1. The molecule has 0 aliphatic heterocycles. The number of nitrogens with zero attached hydrogens (tertiary/aromatic N) is 1. The molecule has 0 bridgehead atoms. The molecule has 94 valence electrons. The van der Waals surface area contributed by atoms with Crippen molar-refractivity contribution in [3.8, 4) is 0 Å². The molecule has 0 N–H and O–H groups in total. The Morgan fingerprint density at radius 3 is 2.18 bits per heavy atom. The number of carbonyl (C=O) groups is 1. The standard InChI is InChI=1S/C14H20FNO/c1-14(2,3)13(17)12(16(4)5)10-8-6-7-9-11(10)15/h6-9,12H,1-5H3/t12-/m1/s1. The van der Waals surface area contributed by atoms with Crippen LogP contribution >= 0.6 is 0 Å². The number of ketones is 1. The molecule has 0 heterocycles. The molecule has 0 saturated heterocycles. The lowest BCUT2D eigenvalue weighted by Crippen LogP contribution is -2.36. The van der Waals surface area contributed by atoms with Gasteiger partial charge in [0, 0.05) is 11.0 Å². The van der Waals surface area contributed by atoms with E-state index in [4.69, 9.17) is 0 Å². The average Bonchev–Trinajstić information content (AvgIpc) is 2.19. The number of likely N-dealkylation sites (N-methyl/N-ethyl adjacent to an activating group) is 1. The van der Waals surface area contributed by atoms with Gasteiger partial charge in [-0.2, -0.15) is 0 Å². The molecule has 0 radical (unpaired) electrons. The van der Waals surface area contributed by atoms with E-state index in [0.717, 1.165) is 0 Å². The molecule has 1 atom stereocenters. The lowest BCUT2D eigenvalue weighted by molar-refractivity contribution is -0.131. The average molecular weight is 237 g/mol. The fraction of sp³-hybridized carbons (Fsp3) is 0.500. The van der Waals surface area contributed by atoms with E-state index in [-0.39, 0.29) is 11.6 Å². The zero-order chi connectivity index (χ0) is 13.2. The first-order valence-corrected chi connectivity index (χ1v) is 5.70. The van der Waals surface area contributed by atoms with Gasteiger partial charge in [0.05, 0.1) is 6.04 Å². The van der Waals surface area contributed by atoms with E-state index in [1.165, 1.54) is 6.07 Å². The van der Waals surface area contributed by atoms with Crippen LogP contribution in [0, 0.1) is 11.2 Å². The molecule has 0 spiro atoms. The summed E-state index contributed by atoms with van der Waals surface area (Å²) in [4.78, 5) is 14.1. The van der Waals surface area contributed by atoms with Gasteiger partial charge in [0.25, 0.3) is 0 Å². The lowest BCUT2D eigenvalue weighted by Gasteiger charge is -2.29. The van der Waals surface area contributed by atoms with Crippen LogP contribution in [-0.2, 0) is 4.79 Å². The van der Waals surface area contributed by atoms with Gasteiger partial charge in [0.2, 0.25) is 0 Å². The summed E-state index contributed by atoms with van der Waals surface area (Å²) < 4.78 is 13.8. The molecule has 2 nitrogen and oxygen atoms in total. The minimum atomic E-state index is -0.531. The largest absolute Gasteiger partial charge is 0.297 e. The van der Waals surface area contributed by atoms with Crippen LogP contribution in [-0.4, -0.2) is 24.8 Å². The summed E-state index contributed by atoms with van der Waals surface area (Å²) in [7, 11) is 3.58. The molecule has 0 amide bonds. The van der Waals surface area contributed by atoms with Crippen molar-refractivity contribution >= 4 is 5.78 Å². The van der Waals surface area contributed by atoms with Gasteiger partial charge in [0.1, 0.15) is 5.82 Å². The number of benzene rings is 1. The van der Waals surface area contributed by atoms with Crippen LogP contribution in [0.15, 0.2) is 24.3 Å². The van der Waals surface area contributed by atoms with Crippen LogP contribution in [0.1, 0.15) is 32.4 Å². The number of hydrogen-bond acceptors (Lipinski definition) is 2. The summed E-state index contributed by atoms with van der Waals surface area (Å²) in [6.45, 7) is 5.56. The highest BCUT2D eigenvalue weighted by molar-refractivity contribution is 5.89. The second-order valence-electron chi connectivity index (χ2n) is 5.50. The third kappa shape index (κ3) is 3.13. The molecule has 0 unspecified atom stereocenters. The predicted molar refractivity (Wildman–Crippen MR) is 67.3 cm³/mol. The summed E-state index contributed by atoms with van der Waals surface area (Å²) in [5.74, 6) is -0.309. The van der Waals surface area contributed by atoms with Crippen molar-refractivity contribution < 1.29 is 9.18 Å². The molecule has 1 rings (SSSR count). The van der Waals surface area contributed by atoms with E-state index >= 15 is 0 Å². The molecule has 0 aliphatic rings. The fourth-order valence-electron chi connectivity index (χ4n) is 1.76.